The standard InChI is InChI=1S/C12H15ClO4S/c1-9(2)18(15,16)7-6-17-12-10(8-14)4-3-5-11(12)13/h3-5,8-9H,6-7H2,1-2H3. The van der Waals surface area contributed by atoms with Crippen LogP contribution in [0.5, 0.6) is 5.75 Å². The molecule has 0 N–H and O–H groups in total. The number of carbonyl (C=O) groups excluding carboxylic acids is 1. The van der Waals surface area contributed by atoms with E-state index in [0.29, 0.717) is 16.9 Å². The Morgan fingerprint density at radius 1 is 1.39 bits per heavy atom. The monoisotopic (exact) mass is 290 g/mol. The SMILES string of the molecule is CC(C)S(=O)(=O)CCOc1c(Cl)cccc1C=O. The van der Waals surface area contributed by atoms with Crippen molar-refractivity contribution in [1.29, 1.82) is 0 Å². The van der Waals surface area contributed by atoms with Crippen LogP contribution in [0.25, 0.3) is 0 Å². The molecule has 0 aliphatic heterocycles. The molecule has 1 aromatic rings. The largest absolute Gasteiger partial charge is 0.490 e. The summed E-state index contributed by atoms with van der Waals surface area (Å²) in [5.41, 5.74) is 0.310. The zero-order valence-corrected chi connectivity index (χ0v) is 11.8. The van der Waals surface area contributed by atoms with Gasteiger partial charge in [0.15, 0.2) is 16.1 Å². The van der Waals surface area contributed by atoms with E-state index in [1.807, 2.05) is 0 Å². The van der Waals surface area contributed by atoms with Crippen LogP contribution < -0.4 is 4.74 Å². The van der Waals surface area contributed by atoms with Crippen LogP contribution in [0.4, 0.5) is 0 Å². The van der Waals surface area contributed by atoms with Gasteiger partial charge in [0.2, 0.25) is 0 Å². The molecule has 0 atom stereocenters. The van der Waals surface area contributed by atoms with E-state index in [-0.39, 0.29) is 18.1 Å². The Hall–Kier alpha value is -1.07. The molecule has 0 fully saturated rings. The second-order valence-electron chi connectivity index (χ2n) is 4.04. The van der Waals surface area contributed by atoms with Crippen LogP contribution in [0, 0.1) is 0 Å². The minimum absolute atomic E-state index is 0.0227. The van der Waals surface area contributed by atoms with E-state index < -0.39 is 15.1 Å². The number of benzene rings is 1. The topological polar surface area (TPSA) is 60.4 Å². The average Bonchev–Trinajstić information content (AvgIpc) is 2.30. The molecule has 0 saturated carbocycles. The maximum atomic E-state index is 11.6. The fraction of sp³-hybridized carbons (Fsp3) is 0.417. The summed E-state index contributed by atoms with van der Waals surface area (Å²) in [7, 11) is -3.16. The van der Waals surface area contributed by atoms with Crippen molar-refractivity contribution < 1.29 is 17.9 Å². The molecule has 0 spiro atoms. The highest BCUT2D eigenvalue weighted by molar-refractivity contribution is 7.91. The lowest BCUT2D eigenvalue weighted by Crippen LogP contribution is -2.22. The summed E-state index contributed by atoms with van der Waals surface area (Å²) < 4.78 is 28.5. The molecule has 0 unspecified atom stereocenters. The lowest BCUT2D eigenvalue weighted by molar-refractivity contribution is 0.112. The number of hydrogen-bond donors (Lipinski definition) is 0. The molecule has 0 aliphatic carbocycles. The van der Waals surface area contributed by atoms with Gasteiger partial charge in [-0.15, -0.1) is 0 Å². The molecule has 1 aromatic carbocycles. The summed E-state index contributed by atoms with van der Waals surface area (Å²) in [5, 5.41) is -0.153. The van der Waals surface area contributed by atoms with E-state index >= 15 is 0 Å². The molecule has 0 radical (unpaired) electrons. The van der Waals surface area contributed by atoms with Gasteiger partial charge in [0, 0.05) is 0 Å². The normalized spacial score (nSPS) is 11.6. The highest BCUT2D eigenvalue weighted by Gasteiger charge is 2.16. The van der Waals surface area contributed by atoms with Crippen LogP contribution >= 0.6 is 11.6 Å². The first-order chi connectivity index (χ1) is 8.38. The number of para-hydroxylation sites is 1. The van der Waals surface area contributed by atoms with Crippen molar-refractivity contribution in [2.24, 2.45) is 0 Å². The van der Waals surface area contributed by atoms with E-state index in [0.717, 1.165) is 0 Å². The van der Waals surface area contributed by atoms with Crippen molar-refractivity contribution in [2.75, 3.05) is 12.4 Å². The number of halogens is 1. The van der Waals surface area contributed by atoms with Crippen molar-refractivity contribution in [2.45, 2.75) is 19.1 Å². The van der Waals surface area contributed by atoms with Crippen LogP contribution in [0.1, 0.15) is 24.2 Å². The summed E-state index contributed by atoms with van der Waals surface area (Å²) in [5.74, 6) is 0.127. The van der Waals surface area contributed by atoms with Crippen molar-refractivity contribution in [3.05, 3.63) is 28.8 Å². The third kappa shape index (κ3) is 3.71. The molecule has 6 heteroatoms. The van der Waals surface area contributed by atoms with E-state index in [4.69, 9.17) is 16.3 Å². The van der Waals surface area contributed by atoms with Gasteiger partial charge in [-0.3, -0.25) is 4.79 Å². The Bertz CT molecular complexity index is 523. The predicted molar refractivity (Wildman–Crippen MR) is 71.3 cm³/mol. The van der Waals surface area contributed by atoms with Crippen LogP contribution in [0.3, 0.4) is 0 Å². The average molecular weight is 291 g/mol. The third-order valence-electron chi connectivity index (χ3n) is 2.46. The molecule has 4 nitrogen and oxygen atoms in total. The maximum Gasteiger partial charge on any atom is 0.155 e. The van der Waals surface area contributed by atoms with Crippen LogP contribution in [-0.4, -0.2) is 32.3 Å². The van der Waals surface area contributed by atoms with Gasteiger partial charge in [-0.25, -0.2) is 8.42 Å². The molecule has 0 heterocycles. The predicted octanol–water partition coefficient (Wildman–Crippen LogP) is 2.35. The van der Waals surface area contributed by atoms with Gasteiger partial charge in [0.1, 0.15) is 12.4 Å². The minimum Gasteiger partial charge on any atom is -0.490 e. The molecule has 0 bridgehead atoms. The molecule has 0 saturated heterocycles. The molecule has 0 aliphatic rings. The van der Waals surface area contributed by atoms with Gasteiger partial charge in [0.25, 0.3) is 0 Å². The van der Waals surface area contributed by atoms with Gasteiger partial charge in [-0.1, -0.05) is 17.7 Å². The quantitative estimate of drug-likeness (QED) is 0.755. The number of hydrogen-bond acceptors (Lipinski definition) is 4. The third-order valence-corrected chi connectivity index (χ3v) is 4.93. The smallest absolute Gasteiger partial charge is 0.155 e. The lowest BCUT2D eigenvalue weighted by Gasteiger charge is -2.11. The number of aldehydes is 1. The molecule has 18 heavy (non-hydrogen) atoms. The van der Waals surface area contributed by atoms with Gasteiger partial charge in [0.05, 0.1) is 21.6 Å². The number of sulfone groups is 1. The van der Waals surface area contributed by atoms with Crippen LogP contribution in [0.2, 0.25) is 5.02 Å². The summed E-state index contributed by atoms with van der Waals surface area (Å²) in [4.78, 5) is 10.8. The highest BCUT2D eigenvalue weighted by Crippen LogP contribution is 2.27. The highest BCUT2D eigenvalue weighted by atomic mass is 35.5. The van der Waals surface area contributed by atoms with Crippen LogP contribution in [-0.2, 0) is 9.84 Å². The van der Waals surface area contributed by atoms with Crippen molar-refractivity contribution >= 4 is 27.7 Å². The molecule has 0 aromatic heterocycles. The maximum absolute atomic E-state index is 11.6. The first kappa shape index (κ1) is 15.0. The van der Waals surface area contributed by atoms with E-state index in [9.17, 15) is 13.2 Å². The van der Waals surface area contributed by atoms with Gasteiger partial charge < -0.3 is 4.74 Å². The van der Waals surface area contributed by atoms with E-state index in [1.165, 1.54) is 0 Å². The fourth-order valence-electron chi connectivity index (χ4n) is 1.27. The Balaban J connectivity index is 2.73. The number of rotatable bonds is 6. The summed E-state index contributed by atoms with van der Waals surface area (Å²) in [6.45, 7) is 3.20. The first-order valence-electron chi connectivity index (χ1n) is 5.46. The van der Waals surface area contributed by atoms with Crippen molar-refractivity contribution in [3.63, 3.8) is 0 Å². The van der Waals surface area contributed by atoms with Gasteiger partial charge >= 0.3 is 0 Å². The van der Waals surface area contributed by atoms with E-state index in [2.05, 4.69) is 0 Å². The minimum atomic E-state index is -3.16. The Labute approximate surface area is 112 Å². The molecule has 100 valence electrons. The molecular weight excluding hydrogens is 276 g/mol. The van der Waals surface area contributed by atoms with Crippen molar-refractivity contribution in [1.82, 2.24) is 0 Å². The molecule has 0 amide bonds. The molecular formula is C12H15ClO4S. The summed E-state index contributed by atoms with van der Waals surface area (Å²) >= 11 is 5.89. The zero-order chi connectivity index (χ0) is 13.8. The Morgan fingerprint density at radius 2 is 2.06 bits per heavy atom. The molecule has 1 rings (SSSR count). The van der Waals surface area contributed by atoms with Gasteiger partial charge in [-0.2, -0.15) is 0 Å². The lowest BCUT2D eigenvalue weighted by atomic mass is 10.2. The number of ether oxygens (including phenoxy) is 1. The number of carbonyl (C=O) groups is 1. The second-order valence-corrected chi connectivity index (χ2v) is 7.12. The van der Waals surface area contributed by atoms with E-state index in [1.54, 1.807) is 32.0 Å². The second kappa shape index (κ2) is 6.20. The Kier molecular flexibility index (Phi) is 5.16. The fourth-order valence-corrected chi connectivity index (χ4v) is 2.29. The summed E-state index contributed by atoms with van der Waals surface area (Å²) in [6, 6.07) is 4.77. The zero-order valence-electron chi connectivity index (χ0n) is 10.2. The summed E-state index contributed by atoms with van der Waals surface area (Å²) in [6.07, 6.45) is 0.623. The Morgan fingerprint density at radius 3 is 2.61 bits per heavy atom. The van der Waals surface area contributed by atoms with Gasteiger partial charge in [-0.05, 0) is 26.0 Å². The first-order valence-corrected chi connectivity index (χ1v) is 7.56. The van der Waals surface area contributed by atoms with Crippen molar-refractivity contribution in [3.8, 4) is 5.75 Å². The van der Waals surface area contributed by atoms with Crippen LogP contribution in [0.15, 0.2) is 18.2 Å².